The molecule has 1 fully saturated rings. The van der Waals surface area contributed by atoms with Gasteiger partial charge >= 0.3 is 6.09 Å². The van der Waals surface area contributed by atoms with Crippen LogP contribution in [0.4, 0.5) is 4.79 Å². The standard InChI is InChI=1S/C11H22N2O2.ClH/c1-8-7-13(6-5-9(8)12)10(14)15-11(2,3)4;/h8-9H,5-7,12H2,1-4H3;1H/t8-,9+;/m0./s1. The number of ether oxygens (including phenoxy) is 1. The average Bonchev–Trinajstić information content (AvgIpc) is 2.06. The van der Waals surface area contributed by atoms with Gasteiger partial charge in [-0.2, -0.15) is 0 Å². The molecule has 1 heterocycles. The maximum atomic E-state index is 11.7. The van der Waals surface area contributed by atoms with Gasteiger partial charge in [-0.3, -0.25) is 0 Å². The number of carbonyl (C=O) groups is 1. The van der Waals surface area contributed by atoms with E-state index in [1.807, 2.05) is 20.8 Å². The molecule has 1 rings (SSSR count). The van der Waals surface area contributed by atoms with Crippen molar-refractivity contribution in [3.05, 3.63) is 0 Å². The van der Waals surface area contributed by atoms with Gasteiger partial charge in [0, 0.05) is 19.1 Å². The maximum Gasteiger partial charge on any atom is 0.410 e. The van der Waals surface area contributed by atoms with Crippen LogP contribution in [-0.4, -0.2) is 35.7 Å². The Morgan fingerprint density at radius 1 is 1.44 bits per heavy atom. The topological polar surface area (TPSA) is 55.6 Å². The van der Waals surface area contributed by atoms with E-state index in [9.17, 15) is 4.79 Å². The van der Waals surface area contributed by atoms with Crippen LogP contribution in [0, 0.1) is 5.92 Å². The van der Waals surface area contributed by atoms with Gasteiger partial charge in [0.2, 0.25) is 0 Å². The molecule has 96 valence electrons. The van der Waals surface area contributed by atoms with Crippen LogP contribution in [0.3, 0.4) is 0 Å². The lowest BCUT2D eigenvalue weighted by molar-refractivity contribution is 0.0158. The van der Waals surface area contributed by atoms with Gasteiger partial charge in [0.25, 0.3) is 0 Å². The van der Waals surface area contributed by atoms with Crippen molar-refractivity contribution in [2.75, 3.05) is 13.1 Å². The number of likely N-dealkylation sites (tertiary alicyclic amines) is 1. The van der Waals surface area contributed by atoms with Crippen molar-refractivity contribution in [1.82, 2.24) is 4.90 Å². The lowest BCUT2D eigenvalue weighted by Gasteiger charge is -2.35. The number of rotatable bonds is 0. The highest BCUT2D eigenvalue weighted by Gasteiger charge is 2.29. The Kier molecular flexibility index (Phi) is 5.56. The fourth-order valence-electron chi connectivity index (χ4n) is 1.66. The summed E-state index contributed by atoms with van der Waals surface area (Å²) < 4.78 is 5.31. The fraction of sp³-hybridized carbons (Fsp3) is 0.909. The molecular weight excluding hydrogens is 228 g/mol. The molecule has 1 saturated heterocycles. The monoisotopic (exact) mass is 250 g/mol. The first-order chi connectivity index (χ1) is 6.79. The number of halogens is 1. The number of hydrogen-bond acceptors (Lipinski definition) is 3. The second kappa shape index (κ2) is 5.73. The van der Waals surface area contributed by atoms with Crippen LogP contribution in [0.15, 0.2) is 0 Å². The van der Waals surface area contributed by atoms with Crippen LogP contribution in [0.1, 0.15) is 34.1 Å². The van der Waals surface area contributed by atoms with Gasteiger partial charge in [0.1, 0.15) is 5.60 Å². The molecule has 0 spiro atoms. The Morgan fingerprint density at radius 2 is 2.00 bits per heavy atom. The van der Waals surface area contributed by atoms with E-state index in [1.54, 1.807) is 4.90 Å². The highest BCUT2D eigenvalue weighted by atomic mass is 35.5. The van der Waals surface area contributed by atoms with Gasteiger partial charge in [-0.25, -0.2) is 4.79 Å². The first kappa shape index (κ1) is 15.5. The number of piperidine rings is 1. The molecule has 5 heteroatoms. The highest BCUT2D eigenvalue weighted by Crippen LogP contribution is 2.17. The van der Waals surface area contributed by atoms with Crippen molar-refractivity contribution in [2.45, 2.75) is 45.8 Å². The Labute approximate surface area is 104 Å². The smallest absolute Gasteiger partial charge is 0.410 e. The first-order valence-corrected chi connectivity index (χ1v) is 5.53. The van der Waals surface area contributed by atoms with Crippen molar-refractivity contribution in [1.29, 1.82) is 0 Å². The van der Waals surface area contributed by atoms with Gasteiger partial charge in [-0.15, -0.1) is 12.4 Å². The van der Waals surface area contributed by atoms with Gasteiger partial charge in [-0.1, -0.05) is 6.92 Å². The lowest BCUT2D eigenvalue weighted by Crippen LogP contribution is -2.49. The van der Waals surface area contributed by atoms with Crippen molar-refractivity contribution in [3.63, 3.8) is 0 Å². The average molecular weight is 251 g/mol. The Balaban J connectivity index is 0.00000225. The van der Waals surface area contributed by atoms with Crippen LogP contribution in [0.2, 0.25) is 0 Å². The highest BCUT2D eigenvalue weighted by molar-refractivity contribution is 5.85. The van der Waals surface area contributed by atoms with Crippen LogP contribution in [-0.2, 0) is 4.74 Å². The van der Waals surface area contributed by atoms with Crippen molar-refractivity contribution in [2.24, 2.45) is 11.7 Å². The molecule has 4 nitrogen and oxygen atoms in total. The third-order valence-corrected chi connectivity index (χ3v) is 2.62. The predicted octanol–water partition coefficient (Wildman–Crippen LogP) is 2.01. The lowest BCUT2D eigenvalue weighted by atomic mass is 9.95. The van der Waals surface area contributed by atoms with Gasteiger partial charge < -0.3 is 15.4 Å². The molecule has 2 N–H and O–H groups in total. The second-order valence-electron chi connectivity index (χ2n) is 5.36. The number of nitrogens with zero attached hydrogens (tertiary/aromatic N) is 1. The molecule has 0 radical (unpaired) electrons. The quantitative estimate of drug-likeness (QED) is 0.716. The maximum absolute atomic E-state index is 11.7. The summed E-state index contributed by atoms with van der Waals surface area (Å²) in [6.45, 7) is 9.12. The Morgan fingerprint density at radius 3 is 2.44 bits per heavy atom. The van der Waals surface area contributed by atoms with E-state index in [0.717, 1.165) is 6.42 Å². The van der Waals surface area contributed by atoms with Gasteiger partial charge in [0.05, 0.1) is 0 Å². The minimum atomic E-state index is -0.417. The zero-order valence-electron chi connectivity index (χ0n) is 10.5. The zero-order valence-corrected chi connectivity index (χ0v) is 11.3. The summed E-state index contributed by atoms with van der Waals surface area (Å²) in [6, 6.07) is 0.212. The van der Waals surface area contributed by atoms with Crippen molar-refractivity contribution in [3.8, 4) is 0 Å². The summed E-state index contributed by atoms with van der Waals surface area (Å²) in [7, 11) is 0. The van der Waals surface area contributed by atoms with Crippen LogP contribution in [0.25, 0.3) is 0 Å². The summed E-state index contributed by atoms with van der Waals surface area (Å²) in [5.41, 5.74) is 5.47. The first-order valence-electron chi connectivity index (χ1n) is 5.53. The van der Waals surface area contributed by atoms with Crippen LogP contribution < -0.4 is 5.73 Å². The minimum Gasteiger partial charge on any atom is -0.444 e. The molecule has 1 aliphatic heterocycles. The second-order valence-corrected chi connectivity index (χ2v) is 5.36. The molecule has 1 amide bonds. The number of amides is 1. The normalized spacial score (nSPS) is 25.9. The number of hydrogen-bond donors (Lipinski definition) is 1. The van der Waals surface area contributed by atoms with Crippen LogP contribution >= 0.6 is 12.4 Å². The molecule has 0 bridgehead atoms. The van der Waals surface area contributed by atoms with Gasteiger partial charge in [0.15, 0.2) is 0 Å². The van der Waals surface area contributed by atoms with E-state index in [2.05, 4.69) is 6.92 Å². The summed E-state index contributed by atoms with van der Waals surface area (Å²) in [6.07, 6.45) is 0.640. The van der Waals surface area contributed by atoms with E-state index in [0.29, 0.717) is 19.0 Å². The third-order valence-electron chi connectivity index (χ3n) is 2.62. The molecule has 1 aliphatic rings. The van der Waals surface area contributed by atoms with Crippen molar-refractivity contribution < 1.29 is 9.53 Å². The molecule has 0 aliphatic carbocycles. The molecule has 0 aromatic carbocycles. The van der Waals surface area contributed by atoms with E-state index < -0.39 is 5.60 Å². The molecule has 0 aromatic heterocycles. The predicted molar refractivity (Wildman–Crippen MR) is 66.8 cm³/mol. The van der Waals surface area contributed by atoms with Crippen LogP contribution in [0.5, 0.6) is 0 Å². The number of carbonyl (C=O) groups excluding carboxylic acids is 1. The number of nitrogens with two attached hydrogens (primary N) is 1. The molecule has 0 unspecified atom stereocenters. The third kappa shape index (κ3) is 4.58. The SMILES string of the molecule is C[C@H]1CN(C(=O)OC(C)(C)C)CC[C@H]1N.Cl. The Hall–Kier alpha value is -0.480. The largest absolute Gasteiger partial charge is 0.444 e. The molecule has 16 heavy (non-hydrogen) atoms. The van der Waals surface area contributed by atoms with E-state index in [1.165, 1.54) is 0 Å². The molecule has 0 aromatic rings. The molecule has 0 saturated carbocycles. The fourth-order valence-corrected chi connectivity index (χ4v) is 1.66. The summed E-state index contributed by atoms with van der Waals surface area (Å²) in [5.74, 6) is 0.353. The van der Waals surface area contributed by atoms with E-state index in [4.69, 9.17) is 10.5 Å². The molecule has 2 atom stereocenters. The molecular formula is C11H23ClN2O2. The summed E-state index contributed by atoms with van der Waals surface area (Å²) >= 11 is 0. The summed E-state index contributed by atoms with van der Waals surface area (Å²) in [5, 5.41) is 0. The van der Waals surface area contributed by atoms with E-state index >= 15 is 0 Å². The van der Waals surface area contributed by atoms with Gasteiger partial charge in [-0.05, 0) is 33.1 Å². The summed E-state index contributed by atoms with van der Waals surface area (Å²) in [4.78, 5) is 13.5. The Bertz CT molecular complexity index is 241. The van der Waals surface area contributed by atoms with Crippen molar-refractivity contribution >= 4 is 18.5 Å². The zero-order chi connectivity index (χ0) is 11.6. The van der Waals surface area contributed by atoms with E-state index in [-0.39, 0.29) is 24.5 Å². The minimum absolute atomic E-state index is 0.